The Morgan fingerprint density at radius 1 is 1.31 bits per heavy atom. The Hall–Kier alpha value is -1.02. The van der Waals surface area contributed by atoms with Crippen molar-refractivity contribution < 1.29 is 4.74 Å². The van der Waals surface area contributed by atoms with Crippen LogP contribution in [-0.4, -0.2) is 19.7 Å². The molecular formula is C14H20NO. The van der Waals surface area contributed by atoms with Gasteiger partial charge in [-0.2, -0.15) is 0 Å². The van der Waals surface area contributed by atoms with E-state index in [4.69, 9.17) is 4.74 Å². The maximum absolute atomic E-state index is 5.67. The van der Waals surface area contributed by atoms with Gasteiger partial charge in [0.15, 0.2) is 0 Å². The summed E-state index contributed by atoms with van der Waals surface area (Å²) in [6, 6.07) is 7.94. The summed E-state index contributed by atoms with van der Waals surface area (Å²) in [6.07, 6.45) is 3.76. The van der Waals surface area contributed by atoms with Gasteiger partial charge >= 0.3 is 0 Å². The first kappa shape index (κ1) is 11.5. The van der Waals surface area contributed by atoms with Gasteiger partial charge in [0.25, 0.3) is 0 Å². The highest BCUT2D eigenvalue weighted by molar-refractivity contribution is 5.28. The van der Waals surface area contributed by atoms with Gasteiger partial charge in [-0.25, -0.2) is 0 Å². The molecule has 1 unspecified atom stereocenters. The van der Waals surface area contributed by atoms with E-state index in [1.54, 1.807) is 0 Å². The van der Waals surface area contributed by atoms with E-state index in [-0.39, 0.29) is 0 Å². The molecule has 1 saturated heterocycles. The molecule has 2 heteroatoms. The molecule has 1 heterocycles. The molecule has 1 fully saturated rings. The van der Waals surface area contributed by atoms with E-state index < -0.39 is 0 Å². The second-order valence-corrected chi connectivity index (χ2v) is 4.49. The van der Waals surface area contributed by atoms with Gasteiger partial charge in [0.05, 0.1) is 6.61 Å². The van der Waals surface area contributed by atoms with E-state index in [2.05, 4.69) is 12.2 Å². The van der Waals surface area contributed by atoms with Crippen molar-refractivity contribution in [1.82, 2.24) is 5.32 Å². The van der Waals surface area contributed by atoms with E-state index in [0.29, 0.717) is 0 Å². The molecule has 0 aliphatic carbocycles. The summed E-state index contributed by atoms with van der Waals surface area (Å²) in [5.41, 5.74) is 1.03. The van der Waals surface area contributed by atoms with Gasteiger partial charge in [0.2, 0.25) is 0 Å². The molecule has 1 aliphatic rings. The first-order valence-corrected chi connectivity index (χ1v) is 6.10. The molecule has 1 atom stereocenters. The van der Waals surface area contributed by atoms with E-state index in [1.807, 2.05) is 24.3 Å². The molecule has 1 N–H and O–H groups in total. The molecule has 1 aromatic carbocycles. The minimum atomic E-state index is 0.826. The molecule has 2 nitrogen and oxygen atoms in total. The first-order valence-electron chi connectivity index (χ1n) is 6.10. The van der Waals surface area contributed by atoms with Crippen LogP contribution in [0.5, 0.6) is 5.75 Å². The predicted molar refractivity (Wildman–Crippen MR) is 66.6 cm³/mol. The third-order valence-electron chi connectivity index (χ3n) is 3.11. The largest absolute Gasteiger partial charge is 0.494 e. The van der Waals surface area contributed by atoms with Crippen LogP contribution in [0.4, 0.5) is 0 Å². The maximum atomic E-state index is 5.67. The molecule has 0 spiro atoms. The monoisotopic (exact) mass is 218 g/mol. The zero-order valence-electron chi connectivity index (χ0n) is 9.74. The van der Waals surface area contributed by atoms with Crippen molar-refractivity contribution in [3.8, 4) is 5.75 Å². The van der Waals surface area contributed by atoms with Crippen molar-refractivity contribution >= 4 is 0 Å². The minimum absolute atomic E-state index is 0.826. The number of hydrogen-bond acceptors (Lipinski definition) is 2. The molecule has 1 radical (unpaired) electrons. The van der Waals surface area contributed by atoms with Crippen LogP contribution in [-0.2, 0) is 0 Å². The Balaban J connectivity index is 1.62. The lowest BCUT2D eigenvalue weighted by Crippen LogP contribution is -2.09. The summed E-state index contributed by atoms with van der Waals surface area (Å²) in [5, 5.41) is 3.39. The number of ether oxygens (including phenoxy) is 1. The molecule has 2 rings (SSSR count). The molecular weight excluding hydrogens is 198 g/mol. The summed E-state index contributed by atoms with van der Waals surface area (Å²) in [6.45, 7) is 7.06. The van der Waals surface area contributed by atoms with E-state index in [0.717, 1.165) is 30.3 Å². The molecule has 0 amide bonds. The zero-order chi connectivity index (χ0) is 11.2. The highest BCUT2D eigenvalue weighted by atomic mass is 16.5. The molecule has 87 valence electrons. The van der Waals surface area contributed by atoms with Crippen LogP contribution in [0.2, 0.25) is 0 Å². The van der Waals surface area contributed by atoms with Gasteiger partial charge in [-0.15, -0.1) is 0 Å². The Morgan fingerprint density at radius 2 is 2.12 bits per heavy atom. The van der Waals surface area contributed by atoms with Gasteiger partial charge in [0.1, 0.15) is 5.75 Å². The summed E-state index contributed by atoms with van der Waals surface area (Å²) in [5.74, 6) is 1.82. The number of nitrogens with one attached hydrogen (secondary N) is 1. The van der Waals surface area contributed by atoms with Gasteiger partial charge in [-0.3, -0.25) is 0 Å². The molecule has 16 heavy (non-hydrogen) atoms. The Bertz CT molecular complexity index is 301. The van der Waals surface area contributed by atoms with Gasteiger partial charge in [-0.1, -0.05) is 12.1 Å². The van der Waals surface area contributed by atoms with Crippen LogP contribution < -0.4 is 10.1 Å². The van der Waals surface area contributed by atoms with E-state index >= 15 is 0 Å². The van der Waals surface area contributed by atoms with Gasteiger partial charge in [0, 0.05) is 0 Å². The Morgan fingerprint density at radius 3 is 2.81 bits per heavy atom. The maximum Gasteiger partial charge on any atom is 0.119 e. The van der Waals surface area contributed by atoms with Crippen LogP contribution in [0, 0.1) is 12.8 Å². The summed E-state index contributed by atoms with van der Waals surface area (Å²) < 4.78 is 5.67. The highest BCUT2D eigenvalue weighted by Crippen LogP contribution is 2.16. The van der Waals surface area contributed by atoms with Crippen molar-refractivity contribution in [3.05, 3.63) is 36.8 Å². The van der Waals surface area contributed by atoms with Crippen LogP contribution in [0.25, 0.3) is 0 Å². The van der Waals surface area contributed by atoms with Gasteiger partial charge < -0.3 is 10.1 Å². The normalized spacial score (nSPS) is 19.9. The highest BCUT2D eigenvalue weighted by Gasteiger charge is 2.13. The third-order valence-corrected chi connectivity index (χ3v) is 3.11. The fourth-order valence-corrected chi connectivity index (χ4v) is 2.11. The molecule has 1 aromatic rings. The lowest BCUT2D eigenvalue weighted by atomic mass is 10.0. The lowest BCUT2D eigenvalue weighted by Gasteiger charge is -2.09. The Kier molecular flexibility index (Phi) is 4.23. The van der Waals surface area contributed by atoms with E-state index in [9.17, 15) is 0 Å². The quantitative estimate of drug-likeness (QED) is 0.767. The average Bonchev–Trinajstić information content (AvgIpc) is 2.80. The van der Waals surface area contributed by atoms with Crippen LogP contribution in [0.3, 0.4) is 0 Å². The van der Waals surface area contributed by atoms with Crippen molar-refractivity contribution in [2.45, 2.75) is 19.3 Å². The zero-order valence-corrected chi connectivity index (χ0v) is 9.74. The van der Waals surface area contributed by atoms with Crippen LogP contribution in [0.15, 0.2) is 24.3 Å². The summed E-state index contributed by atoms with van der Waals surface area (Å²) in [7, 11) is 0. The molecule has 0 saturated carbocycles. The van der Waals surface area contributed by atoms with Crippen molar-refractivity contribution in [3.63, 3.8) is 0 Å². The average molecular weight is 218 g/mol. The van der Waals surface area contributed by atoms with E-state index in [1.165, 1.54) is 25.9 Å². The standard InChI is InChI=1S/C14H20NO/c1-12-4-6-14(7-5-12)16-10-2-3-13-8-9-15-11-13/h4-7,13,15H,1-3,8-11H2. The van der Waals surface area contributed by atoms with Crippen molar-refractivity contribution in [1.29, 1.82) is 0 Å². The molecule has 0 aromatic heterocycles. The van der Waals surface area contributed by atoms with Gasteiger partial charge in [-0.05, 0) is 62.9 Å². The fourth-order valence-electron chi connectivity index (χ4n) is 2.11. The SMILES string of the molecule is [CH2]c1ccc(OCCCC2CCNC2)cc1. The van der Waals surface area contributed by atoms with Crippen molar-refractivity contribution in [2.75, 3.05) is 19.7 Å². The number of rotatable bonds is 5. The van der Waals surface area contributed by atoms with Crippen LogP contribution >= 0.6 is 0 Å². The third kappa shape index (κ3) is 3.53. The second-order valence-electron chi connectivity index (χ2n) is 4.49. The topological polar surface area (TPSA) is 21.3 Å². The molecule has 0 bridgehead atoms. The Labute approximate surface area is 98.0 Å². The second kappa shape index (κ2) is 5.90. The van der Waals surface area contributed by atoms with Crippen LogP contribution in [0.1, 0.15) is 24.8 Å². The summed E-state index contributed by atoms with van der Waals surface area (Å²) >= 11 is 0. The fraction of sp³-hybridized carbons (Fsp3) is 0.500. The molecule has 1 aliphatic heterocycles. The first-order chi connectivity index (χ1) is 7.84. The van der Waals surface area contributed by atoms with Crippen molar-refractivity contribution in [2.24, 2.45) is 5.92 Å². The summed E-state index contributed by atoms with van der Waals surface area (Å²) in [4.78, 5) is 0. The lowest BCUT2D eigenvalue weighted by molar-refractivity contribution is 0.295. The smallest absolute Gasteiger partial charge is 0.119 e. The minimum Gasteiger partial charge on any atom is -0.494 e. The number of benzene rings is 1. The predicted octanol–water partition coefficient (Wildman–Crippen LogP) is 2.64. The number of hydrogen-bond donors (Lipinski definition) is 1.